The van der Waals surface area contributed by atoms with Crippen molar-refractivity contribution in [2.24, 2.45) is 0 Å². The molecule has 1 saturated carbocycles. The predicted molar refractivity (Wildman–Crippen MR) is 66.2 cm³/mol. The van der Waals surface area contributed by atoms with E-state index in [-0.39, 0.29) is 5.41 Å². The van der Waals surface area contributed by atoms with Crippen LogP contribution in [0.5, 0.6) is 0 Å². The van der Waals surface area contributed by atoms with Gasteiger partial charge in [0.15, 0.2) is 5.65 Å². The molecule has 0 N–H and O–H groups in total. The molecule has 0 atom stereocenters. The van der Waals surface area contributed by atoms with Crippen LogP contribution in [-0.4, -0.2) is 19.6 Å². The summed E-state index contributed by atoms with van der Waals surface area (Å²) in [4.78, 5) is 4.04. The molecule has 5 heteroatoms. The molecule has 2 aromatic heterocycles. The lowest BCUT2D eigenvalue weighted by Gasteiger charge is -2.31. The molecule has 1 aliphatic rings. The molecule has 0 saturated heterocycles. The summed E-state index contributed by atoms with van der Waals surface area (Å²) in [5, 5.41) is 9.10. The van der Waals surface area contributed by atoms with Gasteiger partial charge in [-0.05, 0) is 12.8 Å². The fraction of sp³-hybridized carbons (Fsp3) is 0.583. The van der Waals surface area contributed by atoms with E-state index in [1.54, 1.807) is 12.4 Å². The number of aromatic nitrogens is 4. The van der Waals surface area contributed by atoms with Crippen molar-refractivity contribution in [1.82, 2.24) is 19.6 Å². The number of hydrogen-bond donors (Lipinski definition) is 0. The van der Waals surface area contributed by atoms with Crippen molar-refractivity contribution in [3.8, 4) is 0 Å². The lowest BCUT2D eigenvalue weighted by atomic mass is 9.75. The van der Waals surface area contributed by atoms with Gasteiger partial charge in [-0.25, -0.2) is 0 Å². The number of hydrogen-bond acceptors (Lipinski definition) is 3. The van der Waals surface area contributed by atoms with Crippen molar-refractivity contribution in [3.05, 3.63) is 23.4 Å². The molecular weight excluding hydrogens is 236 g/mol. The quantitative estimate of drug-likeness (QED) is 0.782. The van der Waals surface area contributed by atoms with Crippen LogP contribution in [0.1, 0.15) is 44.9 Å². The lowest BCUT2D eigenvalue weighted by molar-refractivity contribution is 0.302. The Labute approximate surface area is 105 Å². The maximum absolute atomic E-state index is 6.21. The minimum absolute atomic E-state index is 0.0999. The van der Waals surface area contributed by atoms with E-state index in [0.717, 1.165) is 24.3 Å². The monoisotopic (exact) mass is 250 g/mol. The summed E-state index contributed by atoms with van der Waals surface area (Å²) in [7, 11) is 0. The third-order valence-electron chi connectivity index (χ3n) is 3.77. The van der Waals surface area contributed by atoms with Crippen LogP contribution in [0.2, 0.25) is 5.15 Å². The smallest absolute Gasteiger partial charge is 0.180 e. The molecular formula is C12H15ClN4. The number of halogens is 1. The van der Waals surface area contributed by atoms with Crippen LogP contribution in [-0.2, 0) is 5.41 Å². The van der Waals surface area contributed by atoms with E-state index in [1.165, 1.54) is 19.3 Å². The Morgan fingerprint density at radius 3 is 2.71 bits per heavy atom. The highest BCUT2D eigenvalue weighted by molar-refractivity contribution is 6.29. The first-order chi connectivity index (χ1) is 8.21. The summed E-state index contributed by atoms with van der Waals surface area (Å²) >= 11 is 6.21. The zero-order chi connectivity index (χ0) is 11.9. The van der Waals surface area contributed by atoms with Gasteiger partial charge in [-0.3, -0.25) is 9.38 Å². The van der Waals surface area contributed by atoms with Crippen LogP contribution < -0.4 is 0 Å². The summed E-state index contributed by atoms with van der Waals surface area (Å²) in [6.07, 6.45) is 9.50. The lowest BCUT2D eigenvalue weighted by Crippen LogP contribution is -2.28. The van der Waals surface area contributed by atoms with Crippen molar-refractivity contribution < 1.29 is 0 Å². The van der Waals surface area contributed by atoms with Gasteiger partial charge in [0, 0.05) is 5.41 Å². The molecule has 1 fully saturated rings. The third kappa shape index (κ3) is 1.71. The molecule has 2 heterocycles. The van der Waals surface area contributed by atoms with E-state index in [0.29, 0.717) is 5.15 Å². The highest BCUT2D eigenvalue weighted by atomic mass is 35.5. The Morgan fingerprint density at radius 2 is 1.94 bits per heavy atom. The van der Waals surface area contributed by atoms with E-state index in [4.69, 9.17) is 11.6 Å². The summed E-state index contributed by atoms with van der Waals surface area (Å²) in [5.41, 5.74) is 0.835. The molecule has 0 aliphatic heterocycles. The molecule has 0 amide bonds. The van der Waals surface area contributed by atoms with Gasteiger partial charge in [-0.15, -0.1) is 10.2 Å². The van der Waals surface area contributed by atoms with Crippen molar-refractivity contribution in [1.29, 1.82) is 0 Å². The van der Waals surface area contributed by atoms with E-state index in [1.807, 2.05) is 4.40 Å². The summed E-state index contributed by atoms with van der Waals surface area (Å²) in [5.74, 6) is 0.986. The first-order valence-electron chi connectivity index (χ1n) is 6.06. The van der Waals surface area contributed by atoms with Crippen LogP contribution in [0.15, 0.2) is 12.4 Å². The average molecular weight is 251 g/mol. The van der Waals surface area contributed by atoms with E-state index < -0.39 is 0 Å². The Kier molecular flexibility index (Phi) is 2.54. The second-order valence-corrected chi connectivity index (χ2v) is 5.46. The molecule has 90 valence electrons. The van der Waals surface area contributed by atoms with Crippen molar-refractivity contribution in [2.75, 3.05) is 0 Å². The van der Waals surface area contributed by atoms with Gasteiger partial charge >= 0.3 is 0 Å². The van der Waals surface area contributed by atoms with Gasteiger partial charge in [-0.2, -0.15) is 0 Å². The standard InChI is InChI=1S/C12H15ClN4/c1-12(5-3-2-4-6-12)11-16-15-10-8-14-7-9(13)17(10)11/h7-8H,2-6H2,1H3. The molecule has 0 aromatic carbocycles. The molecule has 4 nitrogen and oxygen atoms in total. The van der Waals surface area contributed by atoms with Crippen LogP contribution in [0.4, 0.5) is 0 Å². The van der Waals surface area contributed by atoms with Crippen molar-refractivity contribution in [3.63, 3.8) is 0 Å². The highest BCUT2D eigenvalue weighted by Gasteiger charge is 2.33. The van der Waals surface area contributed by atoms with Gasteiger partial charge in [0.25, 0.3) is 0 Å². The summed E-state index contributed by atoms with van der Waals surface area (Å²) < 4.78 is 1.93. The minimum Gasteiger partial charge on any atom is -0.266 e. The Balaban J connectivity index is 2.17. The van der Waals surface area contributed by atoms with Crippen LogP contribution in [0.3, 0.4) is 0 Å². The molecule has 1 aliphatic carbocycles. The van der Waals surface area contributed by atoms with Gasteiger partial charge in [0.1, 0.15) is 11.0 Å². The molecule has 0 unspecified atom stereocenters. The normalized spacial score (nSPS) is 19.6. The fourth-order valence-electron chi connectivity index (χ4n) is 2.76. The maximum atomic E-state index is 6.21. The Morgan fingerprint density at radius 1 is 1.18 bits per heavy atom. The number of nitrogens with zero attached hydrogens (tertiary/aromatic N) is 4. The van der Waals surface area contributed by atoms with E-state index >= 15 is 0 Å². The molecule has 0 bridgehead atoms. The Hall–Kier alpha value is -1.16. The SMILES string of the molecule is CC1(c2nnc3cncc(Cl)n23)CCCCC1. The zero-order valence-corrected chi connectivity index (χ0v) is 10.6. The van der Waals surface area contributed by atoms with Gasteiger partial charge in [-0.1, -0.05) is 37.8 Å². The summed E-state index contributed by atoms with van der Waals surface area (Å²) in [6, 6.07) is 0. The molecule has 17 heavy (non-hydrogen) atoms. The highest BCUT2D eigenvalue weighted by Crippen LogP contribution is 2.38. The zero-order valence-electron chi connectivity index (χ0n) is 9.86. The van der Waals surface area contributed by atoms with E-state index in [9.17, 15) is 0 Å². The number of rotatable bonds is 1. The predicted octanol–water partition coefficient (Wildman–Crippen LogP) is 3.00. The average Bonchev–Trinajstić information content (AvgIpc) is 2.76. The first kappa shape index (κ1) is 11.0. The maximum Gasteiger partial charge on any atom is 0.180 e. The minimum atomic E-state index is 0.0999. The molecule has 0 radical (unpaired) electrons. The fourth-order valence-corrected chi connectivity index (χ4v) is 2.98. The largest absolute Gasteiger partial charge is 0.266 e. The van der Waals surface area contributed by atoms with Crippen LogP contribution in [0, 0.1) is 0 Å². The topological polar surface area (TPSA) is 43.1 Å². The van der Waals surface area contributed by atoms with Crippen molar-refractivity contribution in [2.45, 2.75) is 44.4 Å². The second-order valence-electron chi connectivity index (χ2n) is 5.07. The van der Waals surface area contributed by atoms with Crippen LogP contribution in [0.25, 0.3) is 5.65 Å². The summed E-state index contributed by atoms with van der Waals surface area (Å²) in [6.45, 7) is 2.26. The number of fused-ring (bicyclic) bond motifs is 1. The van der Waals surface area contributed by atoms with Gasteiger partial charge in [0.05, 0.1) is 12.4 Å². The molecule has 0 spiro atoms. The van der Waals surface area contributed by atoms with E-state index in [2.05, 4.69) is 22.1 Å². The van der Waals surface area contributed by atoms with Gasteiger partial charge in [0.2, 0.25) is 0 Å². The van der Waals surface area contributed by atoms with Crippen molar-refractivity contribution >= 4 is 17.2 Å². The second kappa shape index (κ2) is 3.95. The molecule has 2 aromatic rings. The van der Waals surface area contributed by atoms with Gasteiger partial charge < -0.3 is 0 Å². The molecule has 3 rings (SSSR count). The first-order valence-corrected chi connectivity index (χ1v) is 6.44. The Bertz CT molecular complexity index is 542. The third-order valence-corrected chi connectivity index (χ3v) is 4.04. The van der Waals surface area contributed by atoms with Crippen LogP contribution >= 0.6 is 11.6 Å².